The molecule has 2 aromatic carbocycles. The molecule has 1 aliphatic rings. The van der Waals surface area contributed by atoms with Gasteiger partial charge in [-0.1, -0.05) is 18.2 Å². The minimum absolute atomic E-state index is 0.00765. The Bertz CT molecular complexity index is 725. The van der Waals surface area contributed by atoms with Gasteiger partial charge in [-0.05, 0) is 52.7 Å². The monoisotopic (exact) mass is 389 g/mol. The number of aromatic hydroxyl groups is 1. The summed E-state index contributed by atoms with van der Waals surface area (Å²) >= 11 is 3.30. The number of benzene rings is 2. The van der Waals surface area contributed by atoms with Crippen LogP contribution in [0.4, 0.5) is 0 Å². The minimum Gasteiger partial charge on any atom is -0.506 e. The molecule has 0 aliphatic carbocycles. The highest BCUT2D eigenvalue weighted by atomic mass is 79.9. The molecule has 1 heterocycles. The molecule has 0 aromatic heterocycles. The Labute approximate surface area is 150 Å². The van der Waals surface area contributed by atoms with Crippen molar-refractivity contribution in [2.45, 2.75) is 25.9 Å². The van der Waals surface area contributed by atoms with Crippen LogP contribution in [0, 0.1) is 6.92 Å². The largest absolute Gasteiger partial charge is 0.506 e. The Kier molecular flexibility index (Phi) is 5.09. The number of rotatable bonds is 3. The van der Waals surface area contributed by atoms with Crippen LogP contribution in [0.25, 0.3) is 0 Å². The summed E-state index contributed by atoms with van der Waals surface area (Å²) < 4.78 is 6.51. The number of likely N-dealkylation sites (tertiary alicyclic amines) is 1. The van der Waals surface area contributed by atoms with Gasteiger partial charge < -0.3 is 14.7 Å². The lowest BCUT2D eigenvalue weighted by molar-refractivity contribution is 0.0593. The van der Waals surface area contributed by atoms with Crippen molar-refractivity contribution in [3.63, 3.8) is 0 Å². The second-order valence-corrected chi connectivity index (χ2v) is 6.92. The first-order chi connectivity index (χ1) is 11.5. The zero-order valence-corrected chi connectivity index (χ0v) is 15.1. The summed E-state index contributed by atoms with van der Waals surface area (Å²) in [4.78, 5) is 14.5. The second kappa shape index (κ2) is 7.26. The third-order valence-electron chi connectivity index (χ3n) is 4.21. The number of hydrogen-bond acceptors (Lipinski definition) is 3. The second-order valence-electron chi connectivity index (χ2n) is 6.07. The SMILES string of the molecule is Cc1cc(Br)c(O)c(C(=O)N2CCC(Oc3ccccc3)CC2)c1. The lowest BCUT2D eigenvalue weighted by Crippen LogP contribution is -2.41. The van der Waals surface area contributed by atoms with E-state index in [1.54, 1.807) is 17.0 Å². The Morgan fingerprint density at radius 2 is 1.88 bits per heavy atom. The van der Waals surface area contributed by atoms with Gasteiger partial charge in [0.2, 0.25) is 0 Å². The summed E-state index contributed by atoms with van der Waals surface area (Å²) in [5.41, 5.74) is 1.29. The van der Waals surface area contributed by atoms with E-state index in [1.807, 2.05) is 37.3 Å². The van der Waals surface area contributed by atoms with E-state index in [4.69, 9.17) is 4.74 Å². The molecule has 0 bridgehead atoms. The molecular weight excluding hydrogens is 370 g/mol. The number of carbonyl (C=O) groups excluding carboxylic acids is 1. The van der Waals surface area contributed by atoms with Crippen LogP contribution in [-0.4, -0.2) is 35.1 Å². The third-order valence-corrected chi connectivity index (χ3v) is 4.82. The van der Waals surface area contributed by atoms with Crippen molar-refractivity contribution in [3.8, 4) is 11.5 Å². The van der Waals surface area contributed by atoms with Crippen LogP contribution in [0.1, 0.15) is 28.8 Å². The van der Waals surface area contributed by atoms with Gasteiger partial charge in [-0.15, -0.1) is 0 Å². The molecule has 0 spiro atoms. The van der Waals surface area contributed by atoms with E-state index in [-0.39, 0.29) is 17.8 Å². The maximum absolute atomic E-state index is 12.7. The van der Waals surface area contributed by atoms with Crippen molar-refractivity contribution in [1.82, 2.24) is 4.90 Å². The third kappa shape index (κ3) is 3.73. The van der Waals surface area contributed by atoms with E-state index >= 15 is 0 Å². The lowest BCUT2D eigenvalue weighted by Gasteiger charge is -2.32. The highest BCUT2D eigenvalue weighted by Crippen LogP contribution is 2.31. The summed E-state index contributed by atoms with van der Waals surface area (Å²) in [5, 5.41) is 10.2. The fourth-order valence-corrected chi connectivity index (χ4v) is 3.51. The number of amides is 1. The smallest absolute Gasteiger partial charge is 0.257 e. The number of aryl methyl sites for hydroxylation is 1. The molecule has 0 saturated carbocycles. The summed E-state index contributed by atoms with van der Waals surface area (Å²) in [6.07, 6.45) is 1.69. The highest BCUT2D eigenvalue weighted by molar-refractivity contribution is 9.10. The number of hydrogen-bond donors (Lipinski definition) is 1. The van der Waals surface area contributed by atoms with Gasteiger partial charge in [0, 0.05) is 25.9 Å². The van der Waals surface area contributed by atoms with Crippen LogP contribution >= 0.6 is 15.9 Å². The zero-order chi connectivity index (χ0) is 17.1. The number of halogens is 1. The van der Waals surface area contributed by atoms with Gasteiger partial charge in [0.15, 0.2) is 0 Å². The fourth-order valence-electron chi connectivity index (χ4n) is 2.94. The van der Waals surface area contributed by atoms with E-state index in [9.17, 15) is 9.90 Å². The molecule has 1 fully saturated rings. The molecule has 3 rings (SSSR count). The topological polar surface area (TPSA) is 49.8 Å². The molecule has 1 N–H and O–H groups in total. The number of carbonyl (C=O) groups is 1. The molecular formula is C19H20BrNO3. The summed E-state index contributed by atoms with van der Waals surface area (Å²) in [6, 6.07) is 13.3. The van der Waals surface area contributed by atoms with Crippen molar-refractivity contribution in [2.75, 3.05) is 13.1 Å². The minimum atomic E-state index is -0.130. The molecule has 2 aromatic rings. The van der Waals surface area contributed by atoms with E-state index in [0.717, 1.165) is 24.2 Å². The quantitative estimate of drug-likeness (QED) is 0.857. The number of ether oxygens (including phenoxy) is 1. The average molecular weight is 390 g/mol. The number of phenols is 1. The summed E-state index contributed by atoms with van der Waals surface area (Å²) in [6.45, 7) is 3.16. The zero-order valence-electron chi connectivity index (χ0n) is 13.5. The molecule has 1 amide bonds. The van der Waals surface area contributed by atoms with E-state index in [0.29, 0.717) is 23.1 Å². The van der Waals surface area contributed by atoms with Crippen molar-refractivity contribution in [2.24, 2.45) is 0 Å². The molecule has 0 unspecified atom stereocenters. The lowest BCUT2D eigenvalue weighted by atomic mass is 10.0. The van der Waals surface area contributed by atoms with Crippen LogP contribution in [0.3, 0.4) is 0 Å². The number of phenolic OH excluding ortho intramolecular Hbond substituents is 1. The van der Waals surface area contributed by atoms with Gasteiger partial charge in [-0.25, -0.2) is 0 Å². The Morgan fingerprint density at radius 3 is 2.54 bits per heavy atom. The normalized spacial score (nSPS) is 15.3. The fraction of sp³-hybridized carbons (Fsp3) is 0.316. The highest BCUT2D eigenvalue weighted by Gasteiger charge is 2.26. The van der Waals surface area contributed by atoms with E-state index in [2.05, 4.69) is 15.9 Å². The van der Waals surface area contributed by atoms with Crippen molar-refractivity contribution in [1.29, 1.82) is 0 Å². The van der Waals surface area contributed by atoms with Crippen LogP contribution in [0.15, 0.2) is 46.9 Å². The van der Waals surface area contributed by atoms with Crippen LogP contribution < -0.4 is 4.74 Å². The molecule has 0 radical (unpaired) electrons. The first kappa shape index (κ1) is 16.8. The van der Waals surface area contributed by atoms with E-state index < -0.39 is 0 Å². The predicted molar refractivity (Wildman–Crippen MR) is 96.5 cm³/mol. The first-order valence-corrected chi connectivity index (χ1v) is 8.84. The number of nitrogens with zero attached hydrogens (tertiary/aromatic N) is 1. The average Bonchev–Trinajstić information content (AvgIpc) is 2.59. The Morgan fingerprint density at radius 1 is 1.21 bits per heavy atom. The van der Waals surface area contributed by atoms with Gasteiger partial charge in [-0.3, -0.25) is 4.79 Å². The van der Waals surface area contributed by atoms with Crippen molar-refractivity contribution in [3.05, 3.63) is 58.1 Å². The standard InChI is InChI=1S/C19H20BrNO3/c1-13-11-16(18(22)17(20)12-13)19(23)21-9-7-15(8-10-21)24-14-5-3-2-4-6-14/h2-6,11-12,15,22H,7-10H2,1H3. The Balaban J connectivity index is 1.63. The molecule has 24 heavy (non-hydrogen) atoms. The van der Waals surface area contributed by atoms with Gasteiger partial charge in [0.1, 0.15) is 17.6 Å². The van der Waals surface area contributed by atoms with Crippen molar-refractivity contribution < 1.29 is 14.6 Å². The van der Waals surface area contributed by atoms with Crippen molar-refractivity contribution >= 4 is 21.8 Å². The molecule has 1 saturated heterocycles. The molecule has 4 nitrogen and oxygen atoms in total. The predicted octanol–water partition coefficient (Wildman–Crippen LogP) is 4.15. The maximum Gasteiger partial charge on any atom is 0.257 e. The van der Waals surface area contributed by atoms with Gasteiger partial charge in [0.05, 0.1) is 10.0 Å². The van der Waals surface area contributed by atoms with Crippen LogP contribution in [-0.2, 0) is 0 Å². The number of piperidine rings is 1. The van der Waals surface area contributed by atoms with Gasteiger partial charge >= 0.3 is 0 Å². The summed E-state index contributed by atoms with van der Waals surface area (Å²) in [7, 11) is 0. The van der Waals surface area contributed by atoms with Crippen LogP contribution in [0.2, 0.25) is 0 Å². The number of para-hydroxylation sites is 1. The van der Waals surface area contributed by atoms with E-state index in [1.165, 1.54) is 0 Å². The van der Waals surface area contributed by atoms with Gasteiger partial charge in [-0.2, -0.15) is 0 Å². The molecule has 5 heteroatoms. The first-order valence-electron chi connectivity index (χ1n) is 8.04. The molecule has 0 atom stereocenters. The Hall–Kier alpha value is -2.01. The maximum atomic E-state index is 12.7. The van der Waals surface area contributed by atoms with Gasteiger partial charge in [0.25, 0.3) is 5.91 Å². The molecule has 1 aliphatic heterocycles. The summed E-state index contributed by atoms with van der Waals surface area (Å²) in [5.74, 6) is 0.742. The van der Waals surface area contributed by atoms with Crippen LogP contribution in [0.5, 0.6) is 11.5 Å². The molecule has 126 valence electrons.